The first kappa shape index (κ1) is 13.9. The van der Waals surface area contributed by atoms with Crippen LogP contribution >= 0.6 is 0 Å². The molecule has 4 heteroatoms. The third kappa shape index (κ3) is 2.82. The summed E-state index contributed by atoms with van der Waals surface area (Å²) in [6, 6.07) is 5.93. The van der Waals surface area contributed by atoms with Crippen molar-refractivity contribution >= 4 is 0 Å². The Morgan fingerprint density at radius 3 is 2.65 bits per heavy atom. The molecule has 2 aliphatic rings. The number of ether oxygens (including phenoxy) is 2. The van der Waals surface area contributed by atoms with E-state index in [4.69, 9.17) is 9.47 Å². The van der Waals surface area contributed by atoms with Crippen molar-refractivity contribution in [2.75, 3.05) is 20.2 Å². The van der Waals surface area contributed by atoms with Gasteiger partial charge in [0.15, 0.2) is 0 Å². The Morgan fingerprint density at radius 1 is 1.35 bits per heavy atom. The third-order valence-corrected chi connectivity index (χ3v) is 4.30. The van der Waals surface area contributed by atoms with E-state index in [0.717, 1.165) is 36.5 Å². The van der Waals surface area contributed by atoms with Crippen LogP contribution in [0.5, 0.6) is 5.75 Å². The number of morpholine rings is 1. The molecule has 2 fully saturated rings. The molecule has 1 aromatic rings. The summed E-state index contributed by atoms with van der Waals surface area (Å²) < 4.78 is 11.3. The molecule has 2 bridgehead atoms. The summed E-state index contributed by atoms with van der Waals surface area (Å²) >= 11 is 0. The summed E-state index contributed by atoms with van der Waals surface area (Å²) in [4.78, 5) is 2.44. The van der Waals surface area contributed by atoms with E-state index < -0.39 is 6.10 Å². The van der Waals surface area contributed by atoms with E-state index in [0.29, 0.717) is 12.2 Å². The second-order valence-corrected chi connectivity index (χ2v) is 5.90. The van der Waals surface area contributed by atoms with E-state index in [-0.39, 0.29) is 0 Å². The molecule has 0 spiro atoms. The van der Waals surface area contributed by atoms with Crippen LogP contribution in [-0.4, -0.2) is 42.4 Å². The Bertz CT molecular complexity index is 463. The molecule has 1 aromatic carbocycles. The van der Waals surface area contributed by atoms with Crippen LogP contribution in [0.4, 0.5) is 0 Å². The summed E-state index contributed by atoms with van der Waals surface area (Å²) in [5.74, 6) is 0.897. The largest absolute Gasteiger partial charge is 0.496 e. The SMILES string of the molecule is COc1ccc(C(C)O)cc1CN1CC2CCC(C1)O2. The van der Waals surface area contributed by atoms with Gasteiger partial charge in [-0.25, -0.2) is 0 Å². The lowest BCUT2D eigenvalue weighted by Crippen LogP contribution is -2.42. The van der Waals surface area contributed by atoms with E-state index in [2.05, 4.69) is 11.0 Å². The monoisotopic (exact) mass is 277 g/mol. The fourth-order valence-electron chi connectivity index (χ4n) is 3.25. The quantitative estimate of drug-likeness (QED) is 0.915. The third-order valence-electron chi connectivity index (χ3n) is 4.30. The van der Waals surface area contributed by atoms with Crippen molar-refractivity contribution in [3.63, 3.8) is 0 Å². The van der Waals surface area contributed by atoms with Crippen LogP contribution in [0.3, 0.4) is 0 Å². The lowest BCUT2D eigenvalue weighted by atomic mass is 10.1. The Kier molecular flexibility index (Phi) is 3.96. The molecule has 1 N–H and O–H groups in total. The Hall–Kier alpha value is -1.10. The maximum Gasteiger partial charge on any atom is 0.123 e. The molecule has 4 nitrogen and oxygen atoms in total. The summed E-state index contributed by atoms with van der Waals surface area (Å²) in [6.07, 6.45) is 2.73. The Labute approximate surface area is 120 Å². The topological polar surface area (TPSA) is 41.9 Å². The molecule has 3 rings (SSSR count). The van der Waals surface area contributed by atoms with Gasteiger partial charge in [0.25, 0.3) is 0 Å². The standard InChI is InChI=1S/C16H23NO3/c1-11(18)12-3-6-16(19-2)13(7-12)8-17-9-14-4-5-15(10-17)20-14/h3,6-7,11,14-15,18H,4-5,8-10H2,1-2H3. The highest BCUT2D eigenvalue weighted by molar-refractivity contribution is 5.38. The molecular weight excluding hydrogens is 254 g/mol. The highest BCUT2D eigenvalue weighted by Gasteiger charge is 2.33. The van der Waals surface area contributed by atoms with Gasteiger partial charge in [0, 0.05) is 25.2 Å². The first-order valence-electron chi connectivity index (χ1n) is 7.38. The molecule has 0 saturated carbocycles. The number of hydrogen-bond acceptors (Lipinski definition) is 4. The summed E-state index contributed by atoms with van der Waals surface area (Å²) in [7, 11) is 1.70. The van der Waals surface area contributed by atoms with Crippen molar-refractivity contribution in [3.8, 4) is 5.75 Å². The minimum absolute atomic E-state index is 0.402. The van der Waals surface area contributed by atoms with Crippen molar-refractivity contribution < 1.29 is 14.6 Å². The van der Waals surface area contributed by atoms with Crippen LogP contribution in [0, 0.1) is 0 Å². The van der Waals surface area contributed by atoms with Gasteiger partial charge >= 0.3 is 0 Å². The summed E-state index contributed by atoms with van der Waals surface area (Å²) in [5.41, 5.74) is 2.09. The van der Waals surface area contributed by atoms with Crippen LogP contribution in [0.25, 0.3) is 0 Å². The number of rotatable bonds is 4. The number of fused-ring (bicyclic) bond motifs is 2. The molecule has 3 unspecified atom stereocenters. The second-order valence-electron chi connectivity index (χ2n) is 5.90. The van der Waals surface area contributed by atoms with Gasteiger partial charge in [-0.15, -0.1) is 0 Å². The molecule has 110 valence electrons. The van der Waals surface area contributed by atoms with E-state index >= 15 is 0 Å². The zero-order valence-corrected chi connectivity index (χ0v) is 12.2. The van der Waals surface area contributed by atoms with Crippen LogP contribution in [0.2, 0.25) is 0 Å². The van der Waals surface area contributed by atoms with Crippen LogP contribution in [0.1, 0.15) is 37.0 Å². The smallest absolute Gasteiger partial charge is 0.123 e. The molecule has 0 aliphatic carbocycles. The molecule has 2 saturated heterocycles. The fraction of sp³-hybridized carbons (Fsp3) is 0.625. The van der Waals surface area contributed by atoms with E-state index in [1.54, 1.807) is 14.0 Å². The first-order chi connectivity index (χ1) is 9.65. The first-order valence-corrected chi connectivity index (χ1v) is 7.38. The van der Waals surface area contributed by atoms with Crippen molar-refractivity contribution in [3.05, 3.63) is 29.3 Å². The summed E-state index contributed by atoms with van der Waals surface area (Å²) in [5, 5.41) is 9.74. The number of hydrogen-bond donors (Lipinski definition) is 1. The predicted molar refractivity (Wildman–Crippen MR) is 76.8 cm³/mol. The number of aliphatic hydroxyl groups excluding tert-OH is 1. The van der Waals surface area contributed by atoms with Gasteiger partial charge in [-0.3, -0.25) is 4.90 Å². The Balaban J connectivity index is 1.76. The molecule has 3 atom stereocenters. The molecule has 2 aliphatic heterocycles. The maximum atomic E-state index is 9.74. The number of benzene rings is 1. The van der Waals surface area contributed by atoms with E-state index in [1.165, 1.54) is 12.8 Å². The minimum Gasteiger partial charge on any atom is -0.496 e. The molecule has 0 aromatic heterocycles. The molecule has 0 amide bonds. The second kappa shape index (κ2) is 5.72. The van der Waals surface area contributed by atoms with Gasteiger partial charge < -0.3 is 14.6 Å². The zero-order chi connectivity index (χ0) is 14.1. The van der Waals surface area contributed by atoms with Crippen LogP contribution < -0.4 is 4.74 Å². The molecule has 20 heavy (non-hydrogen) atoms. The number of nitrogens with zero attached hydrogens (tertiary/aromatic N) is 1. The lowest BCUT2D eigenvalue weighted by molar-refractivity contribution is -0.0412. The minimum atomic E-state index is -0.444. The number of aliphatic hydroxyl groups is 1. The normalized spacial score (nSPS) is 27.6. The van der Waals surface area contributed by atoms with Gasteiger partial charge in [-0.05, 0) is 37.5 Å². The van der Waals surface area contributed by atoms with Crippen molar-refractivity contribution in [1.82, 2.24) is 4.90 Å². The number of likely N-dealkylation sites (tertiary alicyclic amines) is 1. The van der Waals surface area contributed by atoms with E-state index in [1.807, 2.05) is 12.1 Å². The summed E-state index contributed by atoms with van der Waals surface area (Å²) in [6.45, 7) is 4.65. The highest BCUT2D eigenvalue weighted by atomic mass is 16.5. The highest BCUT2D eigenvalue weighted by Crippen LogP contribution is 2.30. The van der Waals surface area contributed by atoms with Crippen LogP contribution in [-0.2, 0) is 11.3 Å². The average molecular weight is 277 g/mol. The van der Waals surface area contributed by atoms with Gasteiger partial charge in [-0.2, -0.15) is 0 Å². The molecule has 2 heterocycles. The van der Waals surface area contributed by atoms with Gasteiger partial charge in [0.2, 0.25) is 0 Å². The average Bonchev–Trinajstić information content (AvgIpc) is 2.78. The van der Waals surface area contributed by atoms with Gasteiger partial charge in [0.05, 0.1) is 25.4 Å². The Morgan fingerprint density at radius 2 is 2.05 bits per heavy atom. The fourth-order valence-corrected chi connectivity index (χ4v) is 3.25. The molecular formula is C16H23NO3. The van der Waals surface area contributed by atoms with E-state index in [9.17, 15) is 5.11 Å². The van der Waals surface area contributed by atoms with Crippen molar-refractivity contribution in [2.24, 2.45) is 0 Å². The predicted octanol–water partition coefficient (Wildman–Crippen LogP) is 2.11. The molecule has 0 radical (unpaired) electrons. The van der Waals surface area contributed by atoms with Crippen molar-refractivity contribution in [1.29, 1.82) is 0 Å². The maximum absolute atomic E-state index is 9.74. The number of methoxy groups -OCH3 is 1. The lowest BCUT2D eigenvalue weighted by Gasteiger charge is -2.32. The van der Waals surface area contributed by atoms with Gasteiger partial charge in [-0.1, -0.05) is 6.07 Å². The zero-order valence-electron chi connectivity index (χ0n) is 12.2. The van der Waals surface area contributed by atoms with Gasteiger partial charge in [0.1, 0.15) is 5.75 Å². The van der Waals surface area contributed by atoms with Crippen molar-refractivity contribution in [2.45, 2.75) is 44.6 Å². The van der Waals surface area contributed by atoms with Crippen LogP contribution in [0.15, 0.2) is 18.2 Å².